The highest BCUT2D eigenvalue weighted by atomic mass is 14.1. The summed E-state index contributed by atoms with van der Waals surface area (Å²) in [4.78, 5) is 0. The van der Waals surface area contributed by atoms with E-state index in [4.69, 9.17) is 0 Å². The van der Waals surface area contributed by atoms with Crippen LogP contribution in [-0.2, 0) is 0 Å². The summed E-state index contributed by atoms with van der Waals surface area (Å²) in [6.07, 6.45) is 0. The fourth-order valence-corrected chi connectivity index (χ4v) is 3.69. The van der Waals surface area contributed by atoms with Crippen molar-refractivity contribution in [3.8, 4) is 33.4 Å². The van der Waals surface area contributed by atoms with Crippen molar-refractivity contribution >= 4 is 10.8 Å². The fourth-order valence-electron chi connectivity index (χ4n) is 3.69. The Morgan fingerprint density at radius 2 is 0.964 bits per heavy atom. The molecule has 0 saturated heterocycles. The van der Waals surface area contributed by atoms with Gasteiger partial charge in [0, 0.05) is 0 Å². The molecule has 5 aromatic rings. The van der Waals surface area contributed by atoms with Crippen molar-refractivity contribution < 1.29 is 0 Å². The fraction of sp³-hybridized carbons (Fsp3) is 0. The van der Waals surface area contributed by atoms with Crippen LogP contribution in [0.5, 0.6) is 0 Å². The van der Waals surface area contributed by atoms with Gasteiger partial charge in [-0.05, 0) is 80.6 Å². The van der Waals surface area contributed by atoms with E-state index in [1.165, 1.54) is 44.2 Å². The summed E-state index contributed by atoms with van der Waals surface area (Å²) in [5.41, 5.74) is 7.40. The van der Waals surface area contributed by atoms with Gasteiger partial charge in [-0.25, -0.2) is 0 Å². The molecule has 0 aliphatic carbocycles. The van der Waals surface area contributed by atoms with Crippen LogP contribution in [0.1, 0.15) is 0 Å². The minimum absolute atomic E-state index is 1.22. The van der Waals surface area contributed by atoms with Crippen LogP contribution < -0.4 is 0 Å². The first-order chi connectivity index (χ1) is 13.9. The average Bonchev–Trinajstić information content (AvgIpc) is 2.79. The number of fused-ring (bicyclic) bond motifs is 1. The molecule has 5 aromatic carbocycles. The highest BCUT2D eigenvalue weighted by Crippen LogP contribution is 2.33. The van der Waals surface area contributed by atoms with Gasteiger partial charge in [0.05, 0.1) is 0 Å². The van der Waals surface area contributed by atoms with Gasteiger partial charge < -0.3 is 0 Å². The lowest BCUT2D eigenvalue weighted by Crippen LogP contribution is -1.86. The monoisotopic (exact) mass is 355 g/mol. The molecule has 28 heavy (non-hydrogen) atoms. The van der Waals surface area contributed by atoms with Crippen LogP contribution in [0.15, 0.2) is 115 Å². The highest BCUT2D eigenvalue weighted by molar-refractivity contribution is 5.89. The largest absolute Gasteiger partial charge is 0.0622 e. The molecule has 0 aromatic heterocycles. The van der Waals surface area contributed by atoms with Crippen LogP contribution in [0.4, 0.5) is 0 Å². The predicted molar refractivity (Wildman–Crippen MR) is 119 cm³/mol. The molecule has 0 spiro atoms. The lowest BCUT2D eigenvalue weighted by molar-refractivity contribution is 1.57. The van der Waals surface area contributed by atoms with Gasteiger partial charge in [-0.3, -0.25) is 0 Å². The summed E-state index contributed by atoms with van der Waals surface area (Å²) in [6.45, 7) is 0. The van der Waals surface area contributed by atoms with Crippen molar-refractivity contribution in [2.45, 2.75) is 0 Å². The minimum Gasteiger partial charge on any atom is -0.0622 e. The van der Waals surface area contributed by atoms with Gasteiger partial charge in [-0.15, -0.1) is 0 Å². The summed E-state index contributed by atoms with van der Waals surface area (Å²) in [5.74, 6) is 0. The van der Waals surface area contributed by atoms with Crippen molar-refractivity contribution in [2.24, 2.45) is 0 Å². The normalized spacial score (nSPS) is 10.9. The summed E-state index contributed by atoms with van der Waals surface area (Å²) >= 11 is 0. The molecular formula is C28H19. The van der Waals surface area contributed by atoms with Gasteiger partial charge >= 0.3 is 0 Å². The zero-order chi connectivity index (χ0) is 18.8. The molecular weight excluding hydrogens is 336 g/mol. The third-order valence-corrected chi connectivity index (χ3v) is 5.17. The van der Waals surface area contributed by atoms with Crippen LogP contribution in [0.3, 0.4) is 0 Å². The molecule has 0 N–H and O–H groups in total. The Bertz CT molecular complexity index is 1180. The molecule has 0 aliphatic rings. The summed E-state index contributed by atoms with van der Waals surface area (Å²) < 4.78 is 0. The Hall–Kier alpha value is -3.64. The van der Waals surface area contributed by atoms with Gasteiger partial charge in [-0.1, -0.05) is 84.9 Å². The molecule has 0 unspecified atom stereocenters. The van der Waals surface area contributed by atoms with E-state index in [0.29, 0.717) is 0 Å². The zero-order valence-electron chi connectivity index (χ0n) is 15.5. The van der Waals surface area contributed by atoms with Crippen LogP contribution >= 0.6 is 0 Å². The van der Waals surface area contributed by atoms with Crippen LogP contribution in [0.2, 0.25) is 0 Å². The number of rotatable bonds is 3. The standard InChI is InChI=1S/C28H19/c1-3-9-21(10-4-1)26-18-27(22-11-5-2-6-12-22)20-28(19-26)25-16-15-23-13-7-8-14-24(23)17-25/h1-6,8-20H. The number of hydrogen-bond acceptors (Lipinski definition) is 0. The topological polar surface area (TPSA) is 0 Å². The van der Waals surface area contributed by atoms with E-state index in [1.807, 2.05) is 12.1 Å². The second-order valence-corrected chi connectivity index (χ2v) is 7.02. The van der Waals surface area contributed by atoms with E-state index in [9.17, 15) is 0 Å². The van der Waals surface area contributed by atoms with Crippen molar-refractivity contribution in [1.82, 2.24) is 0 Å². The number of benzene rings is 5. The maximum absolute atomic E-state index is 3.16. The van der Waals surface area contributed by atoms with Crippen molar-refractivity contribution in [1.29, 1.82) is 0 Å². The van der Waals surface area contributed by atoms with Crippen LogP contribution in [0.25, 0.3) is 44.2 Å². The molecule has 0 amide bonds. The van der Waals surface area contributed by atoms with Crippen LogP contribution in [0, 0.1) is 6.07 Å². The molecule has 0 saturated carbocycles. The molecule has 0 nitrogen and oxygen atoms in total. The Morgan fingerprint density at radius 1 is 0.393 bits per heavy atom. The van der Waals surface area contributed by atoms with Gasteiger partial charge in [0.25, 0.3) is 0 Å². The molecule has 1 radical (unpaired) electrons. The van der Waals surface area contributed by atoms with Crippen LogP contribution in [-0.4, -0.2) is 0 Å². The van der Waals surface area contributed by atoms with E-state index in [-0.39, 0.29) is 0 Å². The second-order valence-electron chi connectivity index (χ2n) is 7.02. The first-order valence-electron chi connectivity index (χ1n) is 9.53. The first-order valence-corrected chi connectivity index (χ1v) is 9.53. The Balaban J connectivity index is 1.72. The minimum atomic E-state index is 1.22. The summed E-state index contributed by atoms with van der Waals surface area (Å²) in [7, 11) is 0. The highest BCUT2D eigenvalue weighted by Gasteiger charge is 2.08. The van der Waals surface area contributed by atoms with Crippen molar-refractivity contribution in [3.63, 3.8) is 0 Å². The average molecular weight is 355 g/mol. The van der Waals surface area contributed by atoms with E-state index >= 15 is 0 Å². The molecule has 0 fully saturated rings. The predicted octanol–water partition coefficient (Wildman–Crippen LogP) is 7.64. The molecule has 0 aliphatic heterocycles. The number of hydrogen-bond donors (Lipinski definition) is 0. The SMILES string of the molecule is [c]1ccc2cc(-c3cc(-c4ccccc4)cc(-c4ccccc4)c3)ccc2c1. The molecule has 0 heterocycles. The molecule has 0 bridgehead atoms. The second kappa shape index (κ2) is 7.17. The molecule has 0 atom stereocenters. The van der Waals surface area contributed by atoms with Gasteiger partial charge in [0.2, 0.25) is 0 Å². The van der Waals surface area contributed by atoms with E-state index in [2.05, 4.69) is 109 Å². The maximum Gasteiger partial charge on any atom is -0.0171 e. The first kappa shape index (κ1) is 16.5. The quantitative estimate of drug-likeness (QED) is 0.312. The van der Waals surface area contributed by atoms with Crippen molar-refractivity contribution in [2.75, 3.05) is 0 Å². The van der Waals surface area contributed by atoms with E-state index in [0.717, 1.165) is 0 Å². The third-order valence-electron chi connectivity index (χ3n) is 5.17. The Morgan fingerprint density at radius 3 is 1.57 bits per heavy atom. The van der Waals surface area contributed by atoms with Gasteiger partial charge in [0.1, 0.15) is 0 Å². The Labute approximate surface area is 165 Å². The van der Waals surface area contributed by atoms with E-state index < -0.39 is 0 Å². The summed E-state index contributed by atoms with van der Waals surface area (Å²) in [6, 6.07) is 44.0. The Kier molecular flexibility index (Phi) is 4.23. The van der Waals surface area contributed by atoms with Crippen molar-refractivity contribution in [3.05, 3.63) is 121 Å². The van der Waals surface area contributed by atoms with E-state index in [1.54, 1.807) is 0 Å². The molecule has 5 rings (SSSR count). The zero-order valence-corrected chi connectivity index (χ0v) is 15.5. The lowest BCUT2D eigenvalue weighted by atomic mass is 9.92. The lowest BCUT2D eigenvalue weighted by Gasteiger charge is -2.12. The summed E-state index contributed by atoms with van der Waals surface area (Å²) in [5, 5.41) is 2.45. The van der Waals surface area contributed by atoms with Gasteiger partial charge in [-0.2, -0.15) is 0 Å². The molecule has 131 valence electrons. The smallest absolute Gasteiger partial charge is 0.0171 e. The van der Waals surface area contributed by atoms with Gasteiger partial charge in [0.15, 0.2) is 0 Å². The third kappa shape index (κ3) is 3.21. The maximum atomic E-state index is 3.16. The molecule has 0 heteroatoms.